The second kappa shape index (κ2) is 10.3. The standard InChI is InChI=1S/C29H42N8/c1-19-12-21(13-20(2)28(19)36-11-8-24(18-36)34(3)4)27(30)14-25-26(16-32-29(25)31)22-15-33-37(17-22)23-6-9-35(5)10-7-23/h12-17,23-24,32H,6-11,18,30-31H2,1-5H3/b27-14-. The maximum Gasteiger partial charge on any atom is 0.108 e. The van der Waals surface area contributed by atoms with Gasteiger partial charge in [0.05, 0.1) is 12.2 Å². The third-order valence-electron chi connectivity index (χ3n) is 8.26. The highest BCUT2D eigenvalue weighted by molar-refractivity contribution is 5.90. The van der Waals surface area contributed by atoms with Crippen molar-refractivity contribution in [2.24, 2.45) is 5.73 Å². The Bertz CT molecular complexity index is 1250. The first kappa shape index (κ1) is 25.4. The third kappa shape index (κ3) is 5.13. The first-order chi connectivity index (χ1) is 17.7. The van der Waals surface area contributed by atoms with E-state index in [9.17, 15) is 0 Å². The lowest BCUT2D eigenvalue weighted by molar-refractivity contribution is 0.212. The van der Waals surface area contributed by atoms with Crippen molar-refractivity contribution >= 4 is 23.3 Å². The summed E-state index contributed by atoms with van der Waals surface area (Å²) in [6.07, 6.45) is 11.5. The molecule has 2 aliphatic heterocycles. The van der Waals surface area contributed by atoms with Gasteiger partial charge in [0, 0.05) is 59.6 Å². The zero-order valence-corrected chi connectivity index (χ0v) is 23.0. The number of likely N-dealkylation sites (tertiary alicyclic amines) is 1. The molecule has 8 heteroatoms. The van der Waals surface area contributed by atoms with E-state index in [1.807, 2.05) is 18.5 Å². The van der Waals surface area contributed by atoms with Gasteiger partial charge in [0.25, 0.3) is 0 Å². The molecular formula is C29H42N8. The maximum atomic E-state index is 6.69. The first-order valence-electron chi connectivity index (χ1n) is 13.4. The summed E-state index contributed by atoms with van der Waals surface area (Å²) < 4.78 is 2.12. The molecule has 2 fully saturated rings. The SMILES string of the molecule is Cc1cc(/C(N)=C/c2c(-c3cnn(C4CCN(C)CC4)c3)c[nH]c2N)cc(C)c1N1CCC(N(C)C)C1. The Morgan fingerprint density at radius 3 is 2.46 bits per heavy atom. The number of anilines is 2. The number of nitrogens with zero attached hydrogens (tertiary/aromatic N) is 5. The lowest BCUT2D eigenvalue weighted by Crippen LogP contribution is -2.31. The molecule has 0 aliphatic carbocycles. The quantitative estimate of drug-likeness (QED) is 0.473. The van der Waals surface area contributed by atoms with Crippen molar-refractivity contribution < 1.29 is 0 Å². The fraction of sp³-hybridized carbons (Fsp3) is 0.483. The van der Waals surface area contributed by atoms with Gasteiger partial charge >= 0.3 is 0 Å². The van der Waals surface area contributed by atoms with Crippen LogP contribution in [0.1, 0.15) is 47.6 Å². The predicted molar refractivity (Wildman–Crippen MR) is 154 cm³/mol. The number of nitrogens with two attached hydrogens (primary N) is 2. The van der Waals surface area contributed by atoms with Crippen LogP contribution in [0.5, 0.6) is 0 Å². The van der Waals surface area contributed by atoms with Crippen molar-refractivity contribution in [1.29, 1.82) is 0 Å². The molecule has 1 unspecified atom stereocenters. The van der Waals surface area contributed by atoms with Gasteiger partial charge in [-0.3, -0.25) is 4.68 Å². The van der Waals surface area contributed by atoms with Crippen LogP contribution in [0.3, 0.4) is 0 Å². The summed E-state index contributed by atoms with van der Waals surface area (Å²) in [5.41, 5.74) is 21.6. The van der Waals surface area contributed by atoms with Gasteiger partial charge in [-0.25, -0.2) is 0 Å². The first-order valence-corrected chi connectivity index (χ1v) is 13.4. The number of aromatic nitrogens is 3. The van der Waals surface area contributed by atoms with Gasteiger partial charge in [-0.1, -0.05) is 0 Å². The van der Waals surface area contributed by atoms with Crippen LogP contribution in [-0.4, -0.2) is 77.9 Å². The number of H-pyrrole nitrogens is 1. The molecule has 1 aromatic carbocycles. The monoisotopic (exact) mass is 502 g/mol. The van der Waals surface area contributed by atoms with Crippen molar-refractivity contribution in [2.45, 2.75) is 45.2 Å². The second-order valence-electron chi connectivity index (χ2n) is 11.2. The molecule has 2 aromatic heterocycles. The van der Waals surface area contributed by atoms with Crippen molar-refractivity contribution in [3.05, 3.63) is 53.0 Å². The number of rotatable bonds is 6. The number of hydrogen-bond acceptors (Lipinski definition) is 6. The summed E-state index contributed by atoms with van der Waals surface area (Å²) in [7, 11) is 6.52. The van der Waals surface area contributed by atoms with Crippen LogP contribution in [0, 0.1) is 13.8 Å². The van der Waals surface area contributed by atoms with Crippen LogP contribution in [0.4, 0.5) is 11.5 Å². The Hall–Kier alpha value is -3.23. The Labute approximate surface area is 220 Å². The fourth-order valence-electron chi connectivity index (χ4n) is 6.01. The van der Waals surface area contributed by atoms with Crippen LogP contribution < -0.4 is 16.4 Å². The van der Waals surface area contributed by atoms with E-state index in [2.05, 4.69) is 77.7 Å². The number of piperidine rings is 1. The summed E-state index contributed by atoms with van der Waals surface area (Å²) in [5, 5.41) is 4.70. The van der Waals surface area contributed by atoms with Crippen molar-refractivity contribution in [3.63, 3.8) is 0 Å². The van der Waals surface area contributed by atoms with Gasteiger partial charge in [0.2, 0.25) is 0 Å². The minimum atomic E-state index is 0.443. The highest BCUT2D eigenvalue weighted by Gasteiger charge is 2.26. The minimum absolute atomic E-state index is 0.443. The number of benzene rings is 1. The second-order valence-corrected chi connectivity index (χ2v) is 11.2. The number of hydrogen-bond donors (Lipinski definition) is 3. The minimum Gasteiger partial charge on any atom is -0.398 e. The molecule has 0 spiro atoms. The molecular weight excluding hydrogens is 460 g/mol. The third-order valence-corrected chi connectivity index (χ3v) is 8.26. The van der Waals surface area contributed by atoms with Crippen LogP contribution in [0.15, 0.2) is 30.7 Å². The largest absolute Gasteiger partial charge is 0.398 e. The predicted octanol–water partition coefficient (Wildman–Crippen LogP) is 3.94. The van der Waals surface area contributed by atoms with E-state index in [1.54, 1.807) is 0 Å². The molecule has 8 nitrogen and oxygen atoms in total. The van der Waals surface area contributed by atoms with E-state index in [4.69, 9.17) is 16.6 Å². The summed E-state index contributed by atoms with van der Waals surface area (Å²) in [6, 6.07) is 5.45. The molecule has 0 saturated carbocycles. The lowest BCUT2D eigenvalue weighted by Gasteiger charge is -2.28. The lowest BCUT2D eigenvalue weighted by atomic mass is 9.99. The molecule has 2 saturated heterocycles. The fourth-order valence-corrected chi connectivity index (χ4v) is 6.01. The highest BCUT2D eigenvalue weighted by atomic mass is 15.3. The smallest absolute Gasteiger partial charge is 0.108 e. The van der Waals surface area contributed by atoms with Gasteiger partial charge in [-0.2, -0.15) is 5.10 Å². The van der Waals surface area contributed by atoms with Crippen LogP contribution >= 0.6 is 0 Å². The molecule has 1 atom stereocenters. The Morgan fingerprint density at radius 1 is 1.11 bits per heavy atom. The average molecular weight is 503 g/mol. The number of nitrogens with one attached hydrogen (secondary N) is 1. The van der Waals surface area contributed by atoms with Gasteiger partial charge in [-0.05, 0) is 102 Å². The summed E-state index contributed by atoms with van der Waals surface area (Å²) in [5.74, 6) is 0.613. The van der Waals surface area contributed by atoms with Crippen molar-refractivity contribution in [2.75, 3.05) is 58.0 Å². The molecule has 0 bridgehead atoms. The van der Waals surface area contributed by atoms with Crippen molar-refractivity contribution in [1.82, 2.24) is 24.6 Å². The van der Waals surface area contributed by atoms with E-state index in [-0.39, 0.29) is 0 Å². The number of nitrogen functional groups attached to an aromatic ring is 1. The molecule has 0 radical (unpaired) electrons. The topological polar surface area (TPSA) is 95.4 Å². The molecule has 3 aromatic rings. The zero-order valence-electron chi connectivity index (χ0n) is 23.0. The van der Waals surface area contributed by atoms with E-state index < -0.39 is 0 Å². The van der Waals surface area contributed by atoms with E-state index in [1.165, 1.54) is 23.2 Å². The molecule has 5 rings (SSSR count). The molecule has 5 N–H and O–H groups in total. The van der Waals surface area contributed by atoms with E-state index in [0.29, 0.717) is 23.6 Å². The molecule has 198 valence electrons. The molecule has 37 heavy (non-hydrogen) atoms. The van der Waals surface area contributed by atoms with Crippen LogP contribution in [-0.2, 0) is 0 Å². The Kier molecular flexibility index (Phi) is 7.05. The average Bonchev–Trinajstić information content (AvgIpc) is 3.60. The summed E-state index contributed by atoms with van der Waals surface area (Å²) in [6.45, 7) is 8.74. The van der Waals surface area contributed by atoms with Gasteiger partial charge < -0.3 is 31.2 Å². The van der Waals surface area contributed by atoms with Crippen LogP contribution in [0.25, 0.3) is 22.9 Å². The highest BCUT2D eigenvalue weighted by Crippen LogP contribution is 2.34. The summed E-state index contributed by atoms with van der Waals surface area (Å²) >= 11 is 0. The van der Waals surface area contributed by atoms with Gasteiger partial charge in [-0.15, -0.1) is 0 Å². The van der Waals surface area contributed by atoms with Gasteiger partial charge in [0.15, 0.2) is 0 Å². The molecule has 2 aliphatic rings. The van der Waals surface area contributed by atoms with Gasteiger partial charge in [0.1, 0.15) is 5.82 Å². The number of likely N-dealkylation sites (N-methyl/N-ethyl adjacent to an activating group) is 1. The number of aryl methyl sites for hydroxylation is 2. The van der Waals surface area contributed by atoms with E-state index >= 15 is 0 Å². The summed E-state index contributed by atoms with van der Waals surface area (Å²) in [4.78, 5) is 10.4. The van der Waals surface area contributed by atoms with E-state index in [0.717, 1.165) is 61.3 Å². The molecule has 4 heterocycles. The van der Waals surface area contributed by atoms with Crippen molar-refractivity contribution in [3.8, 4) is 11.1 Å². The zero-order chi connectivity index (χ0) is 26.3. The number of aromatic amines is 1. The molecule has 0 amide bonds. The Balaban J connectivity index is 1.39. The maximum absolute atomic E-state index is 6.69. The van der Waals surface area contributed by atoms with Crippen LogP contribution in [0.2, 0.25) is 0 Å². The normalized spacial score (nSPS) is 19.9. The Morgan fingerprint density at radius 2 is 1.81 bits per heavy atom.